The number of carbonyl (C=O) groups is 1. The lowest BCUT2D eigenvalue weighted by atomic mass is 10.0. The fourth-order valence-electron chi connectivity index (χ4n) is 5.08. The summed E-state index contributed by atoms with van der Waals surface area (Å²) in [6.45, 7) is 0. The van der Waals surface area contributed by atoms with Gasteiger partial charge in [0.25, 0.3) is 0 Å². The highest BCUT2D eigenvalue weighted by atomic mass is 35.5. The van der Waals surface area contributed by atoms with Crippen LogP contribution in [0, 0.1) is 11.3 Å². The van der Waals surface area contributed by atoms with Gasteiger partial charge in [-0.25, -0.2) is 4.79 Å². The van der Waals surface area contributed by atoms with Crippen LogP contribution in [-0.2, 0) is 4.79 Å². The van der Waals surface area contributed by atoms with Gasteiger partial charge in [-0.15, -0.1) is 11.3 Å². The van der Waals surface area contributed by atoms with Crippen LogP contribution in [0.25, 0.3) is 38.8 Å². The molecule has 0 radical (unpaired) electrons. The molecule has 1 aromatic heterocycles. The summed E-state index contributed by atoms with van der Waals surface area (Å²) in [5.41, 5.74) is 7.27. The molecule has 6 aromatic rings. The van der Waals surface area contributed by atoms with Crippen LogP contribution in [0.5, 0.6) is 0 Å². The highest BCUT2D eigenvalue weighted by Crippen LogP contribution is 2.42. The van der Waals surface area contributed by atoms with Crippen molar-refractivity contribution >= 4 is 63.6 Å². The molecule has 0 aliphatic rings. The van der Waals surface area contributed by atoms with Gasteiger partial charge in [0.2, 0.25) is 0 Å². The molecule has 1 heterocycles. The summed E-state index contributed by atoms with van der Waals surface area (Å²) in [6, 6.07) is 45.7. The van der Waals surface area contributed by atoms with Gasteiger partial charge in [0, 0.05) is 37.9 Å². The van der Waals surface area contributed by atoms with E-state index in [1.165, 1.54) is 17.4 Å². The summed E-state index contributed by atoms with van der Waals surface area (Å²) in [5.74, 6) is -1.24. The van der Waals surface area contributed by atoms with Crippen LogP contribution in [-0.4, -0.2) is 11.1 Å². The van der Waals surface area contributed by atoms with E-state index in [9.17, 15) is 9.90 Å². The average Bonchev–Trinajstić information content (AvgIpc) is 3.54. The van der Waals surface area contributed by atoms with Crippen LogP contribution in [0.15, 0.2) is 139 Å². The maximum absolute atomic E-state index is 11.3. The van der Waals surface area contributed by atoms with Crippen molar-refractivity contribution in [2.75, 3.05) is 4.90 Å². The standard InChI is InChI=1S/C38H24Cl2N2O2S/c39-35-22-30(15-18-33(35)25-7-3-1-4-8-25)42(31-16-19-34(36(40)23-31)26-9-5-2-6-10-26)29-13-11-27(12-14-29)37-20-17-32(45-37)21-28(24-41)38(43)44/h1-23H,(H,43,44)/b28-21+. The van der Waals surface area contributed by atoms with E-state index in [-0.39, 0.29) is 5.57 Å². The average molecular weight is 644 g/mol. The number of hydrogen-bond acceptors (Lipinski definition) is 4. The van der Waals surface area contributed by atoms with Gasteiger partial charge in [0.05, 0.1) is 10.0 Å². The molecule has 0 aliphatic heterocycles. The third kappa shape index (κ3) is 6.55. The Hall–Kier alpha value is -5.12. The highest BCUT2D eigenvalue weighted by molar-refractivity contribution is 7.16. The molecule has 218 valence electrons. The van der Waals surface area contributed by atoms with E-state index in [0.717, 1.165) is 49.8 Å². The van der Waals surface area contributed by atoms with Gasteiger partial charge in [-0.2, -0.15) is 5.26 Å². The predicted octanol–water partition coefficient (Wildman–Crippen LogP) is 11.5. The Morgan fingerprint density at radius 3 is 1.64 bits per heavy atom. The number of anilines is 3. The first-order valence-electron chi connectivity index (χ1n) is 14.0. The van der Waals surface area contributed by atoms with E-state index in [4.69, 9.17) is 28.5 Å². The van der Waals surface area contributed by atoms with E-state index in [1.807, 2.05) is 133 Å². The van der Waals surface area contributed by atoms with Crippen LogP contribution < -0.4 is 4.90 Å². The lowest BCUT2D eigenvalue weighted by molar-refractivity contribution is -0.132. The highest BCUT2D eigenvalue weighted by Gasteiger charge is 2.17. The van der Waals surface area contributed by atoms with Gasteiger partial charge in [0.1, 0.15) is 11.6 Å². The van der Waals surface area contributed by atoms with Gasteiger partial charge in [-0.05, 0) is 71.3 Å². The summed E-state index contributed by atoms with van der Waals surface area (Å²) in [5, 5.41) is 19.6. The van der Waals surface area contributed by atoms with Crippen molar-refractivity contribution in [2.45, 2.75) is 0 Å². The Labute approximate surface area is 275 Å². The van der Waals surface area contributed by atoms with E-state index < -0.39 is 5.97 Å². The van der Waals surface area contributed by atoms with Gasteiger partial charge in [0.15, 0.2) is 0 Å². The van der Waals surface area contributed by atoms with Crippen LogP contribution in [0.1, 0.15) is 4.88 Å². The Bertz CT molecular complexity index is 1980. The second-order valence-electron chi connectivity index (χ2n) is 10.1. The first-order valence-corrected chi connectivity index (χ1v) is 15.5. The monoisotopic (exact) mass is 642 g/mol. The number of nitriles is 1. The first-order chi connectivity index (χ1) is 21.9. The minimum Gasteiger partial charge on any atom is -0.477 e. The van der Waals surface area contributed by atoms with Gasteiger partial charge in [-0.1, -0.05) is 108 Å². The molecule has 5 aromatic carbocycles. The molecule has 0 saturated carbocycles. The molecular weight excluding hydrogens is 619 g/mol. The minimum atomic E-state index is -1.24. The molecule has 0 spiro atoms. The zero-order valence-electron chi connectivity index (χ0n) is 23.7. The molecule has 0 saturated heterocycles. The topological polar surface area (TPSA) is 64.3 Å². The fourth-order valence-corrected chi connectivity index (χ4v) is 6.61. The summed E-state index contributed by atoms with van der Waals surface area (Å²) in [6.07, 6.45) is 1.39. The molecule has 0 bridgehead atoms. The van der Waals surface area contributed by atoms with E-state index >= 15 is 0 Å². The molecule has 45 heavy (non-hydrogen) atoms. The summed E-state index contributed by atoms with van der Waals surface area (Å²) >= 11 is 15.2. The van der Waals surface area contributed by atoms with Crippen molar-refractivity contribution in [2.24, 2.45) is 0 Å². The number of carboxylic acid groups (broad SMARTS) is 1. The van der Waals surface area contributed by atoms with Crippen LogP contribution in [0.4, 0.5) is 17.1 Å². The maximum atomic E-state index is 11.3. The van der Waals surface area contributed by atoms with E-state index in [2.05, 4.69) is 4.90 Å². The molecule has 0 unspecified atom stereocenters. The van der Waals surface area contributed by atoms with Crippen molar-refractivity contribution in [3.8, 4) is 38.8 Å². The van der Waals surface area contributed by atoms with Crippen LogP contribution >= 0.6 is 34.5 Å². The van der Waals surface area contributed by atoms with Gasteiger partial charge in [-0.3, -0.25) is 0 Å². The Morgan fingerprint density at radius 2 is 1.18 bits per heavy atom. The van der Waals surface area contributed by atoms with Crippen LogP contribution in [0.2, 0.25) is 10.0 Å². The van der Waals surface area contributed by atoms with E-state index in [0.29, 0.717) is 14.9 Å². The van der Waals surface area contributed by atoms with Crippen molar-refractivity contribution in [1.29, 1.82) is 5.26 Å². The van der Waals surface area contributed by atoms with Crippen molar-refractivity contribution in [3.63, 3.8) is 0 Å². The zero-order valence-corrected chi connectivity index (χ0v) is 26.0. The number of nitrogens with zero attached hydrogens (tertiary/aromatic N) is 2. The van der Waals surface area contributed by atoms with Crippen molar-refractivity contribution < 1.29 is 9.90 Å². The smallest absolute Gasteiger partial charge is 0.346 e. The number of hydrogen-bond donors (Lipinski definition) is 1. The molecule has 7 heteroatoms. The summed E-state index contributed by atoms with van der Waals surface area (Å²) < 4.78 is 0. The molecule has 1 N–H and O–H groups in total. The molecule has 0 amide bonds. The molecule has 0 atom stereocenters. The Morgan fingerprint density at radius 1 is 0.667 bits per heavy atom. The SMILES string of the molecule is N#C/C(=C\c1ccc(-c2ccc(N(c3ccc(-c4ccccc4)c(Cl)c3)c3ccc(-c4ccccc4)c(Cl)c3)cc2)s1)C(=O)O. The maximum Gasteiger partial charge on any atom is 0.346 e. The molecular formula is C38H24Cl2N2O2S. The van der Waals surface area contributed by atoms with Crippen molar-refractivity contribution in [1.82, 2.24) is 0 Å². The minimum absolute atomic E-state index is 0.303. The summed E-state index contributed by atoms with van der Waals surface area (Å²) in [7, 11) is 0. The lowest BCUT2D eigenvalue weighted by Crippen LogP contribution is -2.10. The van der Waals surface area contributed by atoms with Gasteiger partial charge >= 0.3 is 5.97 Å². The predicted molar refractivity (Wildman–Crippen MR) is 187 cm³/mol. The second-order valence-corrected chi connectivity index (χ2v) is 12.0. The number of halogens is 2. The number of benzene rings is 5. The van der Waals surface area contributed by atoms with Crippen LogP contribution in [0.3, 0.4) is 0 Å². The number of carboxylic acids is 1. The van der Waals surface area contributed by atoms with Crippen molar-refractivity contribution in [3.05, 3.63) is 154 Å². The van der Waals surface area contributed by atoms with Gasteiger partial charge < -0.3 is 10.0 Å². The fraction of sp³-hybridized carbons (Fsp3) is 0. The zero-order chi connectivity index (χ0) is 31.3. The number of thiophene rings is 1. The normalized spacial score (nSPS) is 11.2. The molecule has 6 rings (SSSR count). The molecule has 4 nitrogen and oxygen atoms in total. The second kappa shape index (κ2) is 13.3. The van der Waals surface area contributed by atoms with E-state index in [1.54, 1.807) is 6.07 Å². The quantitative estimate of drug-likeness (QED) is 0.132. The number of rotatable bonds is 8. The third-order valence-electron chi connectivity index (χ3n) is 7.27. The lowest BCUT2D eigenvalue weighted by Gasteiger charge is -2.27. The molecule has 0 aliphatic carbocycles. The number of aliphatic carboxylic acids is 1. The Kier molecular flexibility index (Phi) is 8.81. The summed E-state index contributed by atoms with van der Waals surface area (Å²) in [4.78, 5) is 15.0. The largest absolute Gasteiger partial charge is 0.477 e. The third-order valence-corrected chi connectivity index (χ3v) is 8.97. The molecule has 0 fully saturated rings. The Balaban J connectivity index is 1.39. The first kappa shape index (κ1) is 29.9.